The van der Waals surface area contributed by atoms with Gasteiger partial charge in [-0.25, -0.2) is 4.98 Å². The normalized spacial score (nSPS) is 13.2. The second kappa shape index (κ2) is 7.94. The highest BCUT2D eigenvalue weighted by molar-refractivity contribution is 5.82. The van der Waals surface area contributed by atoms with Crippen LogP contribution in [-0.2, 0) is 30.1 Å². The van der Waals surface area contributed by atoms with E-state index in [1.807, 2.05) is 0 Å². The zero-order valence-corrected chi connectivity index (χ0v) is 15.5. The maximum atomic E-state index is 13.1. The zero-order valence-electron chi connectivity index (χ0n) is 15.5. The van der Waals surface area contributed by atoms with Crippen LogP contribution < -0.4 is 0 Å². The van der Waals surface area contributed by atoms with E-state index in [9.17, 15) is 31.1 Å². The number of aromatic nitrogens is 2. The van der Waals surface area contributed by atoms with Crippen molar-refractivity contribution in [2.45, 2.75) is 25.3 Å². The molecule has 162 valence electrons. The van der Waals surface area contributed by atoms with E-state index >= 15 is 0 Å². The molecule has 0 spiro atoms. The van der Waals surface area contributed by atoms with E-state index < -0.39 is 35.4 Å². The molecule has 1 unspecified atom stereocenters. The van der Waals surface area contributed by atoms with Gasteiger partial charge < -0.3 is 9.67 Å². The van der Waals surface area contributed by atoms with Crippen LogP contribution in [0.1, 0.15) is 22.3 Å². The van der Waals surface area contributed by atoms with Gasteiger partial charge in [0.25, 0.3) is 0 Å². The molecule has 1 aromatic carbocycles. The molecule has 0 aliphatic rings. The first-order valence-corrected chi connectivity index (χ1v) is 8.73. The van der Waals surface area contributed by atoms with Gasteiger partial charge in [0, 0.05) is 30.7 Å². The summed E-state index contributed by atoms with van der Waals surface area (Å²) in [5.41, 5.74) is -2.49. The number of aliphatic carboxylic acids is 1. The highest BCUT2D eigenvalue weighted by Gasteiger charge is 2.37. The maximum Gasteiger partial charge on any atom is 0.416 e. The predicted molar refractivity (Wildman–Crippen MR) is 95.7 cm³/mol. The van der Waals surface area contributed by atoms with Crippen LogP contribution in [0.4, 0.5) is 26.3 Å². The fourth-order valence-corrected chi connectivity index (χ4v) is 3.19. The second-order valence-electron chi connectivity index (χ2n) is 6.79. The monoisotopic (exact) mass is 441 g/mol. The Labute approximate surface area is 171 Å². The average Bonchev–Trinajstić information content (AvgIpc) is 3.01. The van der Waals surface area contributed by atoms with E-state index in [0.717, 1.165) is 0 Å². The summed E-state index contributed by atoms with van der Waals surface area (Å²) in [7, 11) is 0. The van der Waals surface area contributed by atoms with E-state index in [2.05, 4.69) is 4.98 Å². The summed E-state index contributed by atoms with van der Waals surface area (Å²) in [5, 5.41) is 18.6. The standard InChI is InChI=1S/C20H13F6N3O2/c21-19(22,23)14-4-11(5-15(7-14)20(24,25)26)9-29-10-13(6-12(8-27)18(30)31)16-2-1-3-28-17(16)29/h1-5,7,10,12H,6,9H2,(H,30,31). The fraction of sp³-hybridized carbons (Fsp3) is 0.250. The van der Waals surface area contributed by atoms with Crippen molar-refractivity contribution in [3.8, 4) is 6.07 Å². The van der Waals surface area contributed by atoms with Crippen molar-refractivity contribution in [3.05, 3.63) is 65.0 Å². The van der Waals surface area contributed by atoms with Gasteiger partial charge in [-0.15, -0.1) is 0 Å². The Morgan fingerprint density at radius 3 is 2.26 bits per heavy atom. The Morgan fingerprint density at radius 2 is 1.74 bits per heavy atom. The molecular formula is C20H13F6N3O2. The van der Waals surface area contributed by atoms with Crippen molar-refractivity contribution in [3.63, 3.8) is 0 Å². The molecule has 0 radical (unpaired) electrons. The number of nitrogens with zero attached hydrogens (tertiary/aromatic N) is 3. The topological polar surface area (TPSA) is 78.9 Å². The van der Waals surface area contributed by atoms with Gasteiger partial charge in [0.15, 0.2) is 0 Å². The fourth-order valence-electron chi connectivity index (χ4n) is 3.19. The summed E-state index contributed by atoms with van der Waals surface area (Å²) in [6, 6.07) is 6.06. The number of carbonyl (C=O) groups is 1. The van der Waals surface area contributed by atoms with Crippen molar-refractivity contribution in [1.29, 1.82) is 5.26 Å². The highest BCUT2D eigenvalue weighted by atomic mass is 19.4. The van der Waals surface area contributed by atoms with E-state index in [1.54, 1.807) is 18.2 Å². The van der Waals surface area contributed by atoms with Gasteiger partial charge in [0.1, 0.15) is 11.6 Å². The van der Waals surface area contributed by atoms with Gasteiger partial charge in [0.2, 0.25) is 0 Å². The number of nitriles is 1. The summed E-state index contributed by atoms with van der Waals surface area (Å²) in [4.78, 5) is 15.3. The number of pyridine rings is 1. The Balaban J connectivity index is 2.08. The van der Waals surface area contributed by atoms with Crippen LogP contribution in [0, 0.1) is 17.2 Å². The Hall–Kier alpha value is -3.55. The molecule has 1 atom stereocenters. The predicted octanol–water partition coefficient (Wildman–Crippen LogP) is 4.89. The summed E-state index contributed by atoms with van der Waals surface area (Å²) >= 11 is 0. The first kappa shape index (κ1) is 22.1. The first-order valence-electron chi connectivity index (χ1n) is 8.73. The molecule has 0 aliphatic carbocycles. The van der Waals surface area contributed by atoms with E-state index in [1.165, 1.54) is 17.0 Å². The molecule has 2 heterocycles. The summed E-state index contributed by atoms with van der Waals surface area (Å²) in [6.07, 6.45) is -7.37. The number of carboxylic acid groups (broad SMARTS) is 1. The lowest BCUT2D eigenvalue weighted by atomic mass is 10.0. The van der Waals surface area contributed by atoms with Gasteiger partial charge in [-0.05, 0) is 41.5 Å². The lowest BCUT2D eigenvalue weighted by molar-refractivity contribution is -0.143. The van der Waals surface area contributed by atoms with Gasteiger partial charge >= 0.3 is 18.3 Å². The molecule has 3 rings (SSSR count). The third kappa shape index (κ3) is 4.79. The van der Waals surface area contributed by atoms with E-state index in [-0.39, 0.29) is 30.2 Å². The number of hydrogen-bond acceptors (Lipinski definition) is 3. The lowest BCUT2D eigenvalue weighted by Gasteiger charge is -2.15. The van der Waals surface area contributed by atoms with Crippen LogP contribution in [-0.4, -0.2) is 20.6 Å². The largest absolute Gasteiger partial charge is 0.480 e. The Bertz CT molecular complexity index is 1140. The van der Waals surface area contributed by atoms with Crippen molar-refractivity contribution in [2.75, 3.05) is 0 Å². The molecule has 5 nitrogen and oxygen atoms in total. The molecule has 0 fully saturated rings. The minimum atomic E-state index is -4.97. The molecule has 2 aromatic heterocycles. The van der Waals surface area contributed by atoms with Crippen LogP contribution in [0.3, 0.4) is 0 Å². The molecule has 31 heavy (non-hydrogen) atoms. The van der Waals surface area contributed by atoms with Crippen molar-refractivity contribution >= 4 is 17.0 Å². The van der Waals surface area contributed by atoms with Crippen LogP contribution in [0.15, 0.2) is 42.7 Å². The van der Waals surface area contributed by atoms with Crippen molar-refractivity contribution in [2.24, 2.45) is 5.92 Å². The third-order valence-electron chi connectivity index (χ3n) is 4.59. The van der Waals surface area contributed by atoms with Crippen molar-refractivity contribution < 1.29 is 36.2 Å². The minimum Gasteiger partial charge on any atom is -0.480 e. The maximum absolute atomic E-state index is 13.1. The quantitative estimate of drug-likeness (QED) is 0.572. The molecule has 3 aromatic rings. The second-order valence-corrected chi connectivity index (χ2v) is 6.79. The molecule has 0 saturated heterocycles. The van der Waals surface area contributed by atoms with Crippen LogP contribution in [0.2, 0.25) is 0 Å². The summed E-state index contributed by atoms with van der Waals surface area (Å²) < 4.78 is 80.0. The first-order chi connectivity index (χ1) is 14.4. The number of halogens is 6. The van der Waals surface area contributed by atoms with Crippen LogP contribution in [0.5, 0.6) is 0 Å². The Morgan fingerprint density at radius 1 is 1.13 bits per heavy atom. The molecule has 1 N–H and O–H groups in total. The van der Waals surface area contributed by atoms with E-state index in [0.29, 0.717) is 23.1 Å². The van der Waals surface area contributed by atoms with Gasteiger partial charge in [-0.2, -0.15) is 31.6 Å². The SMILES string of the molecule is N#CC(Cc1cn(Cc2cc(C(F)(F)F)cc(C(F)(F)F)c2)c2ncccc12)C(=O)O. The third-order valence-corrected chi connectivity index (χ3v) is 4.59. The Kier molecular flexibility index (Phi) is 5.67. The smallest absolute Gasteiger partial charge is 0.416 e. The molecule has 0 amide bonds. The number of hydrogen-bond donors (Lipinski definition) is 1. The van der Waals surface area contributed by atoms with Crippen LogP contribution in [0.25, 0.3) is 11.0 Å². The molecule has 11 heteroatoms. The summed E-state index contributed by atoms with van der Waals surface area (Å²) in [5.74, 6) is -2.72. The number of alkyl halides is 6. The minimum absolute atomic E-state index is 0.0469. The molecule has 0 saturated carbocycles. The molecule has 0 aliphatic heterocycles. The lowest BCUT2D eigenvalue weighted by Crippen LogP contribution is -2.14. The van der Waals surface area contributed by atoms with Gasteiger partial charge in [-0.1, -0.05) is 0 Å². The van der Waals surface area contributed by atoms with Crippen LogP contribution >= 0.6 is 0 Å². The number of fused-ring (bicyclic) bond motifs is 1. The van der Waals surface area contributed by atoms with E-state index in [4.69, 9.17) is 10.4 Å². The number of rotatable bonds is 5. The average molecular weight is 441 g/mol. The molecular weight excluding hydrogens is 428 g/mol. The van der Waals surface area contributed by atoms with Crippen molar-refractivity contribution in [1.82, 2.24) is 9.55 Å². The number of benzene rings is 1. The van der Waals surface area contributed by atoms with Gasteiger partial charge in [0.05, 0.1) is 17.2 Å². The zero-order chi connectivity index (χ0) is 23.0. The molecule has 0 bridgehead atoms. The highest BCUT2D eigenvalue weighted by Crippen LogP contribution is 2.36. The summed E-state index contributed by atoms with van der Waals surface area (Å²) in [6.45, 7) is -0.370. The number of carboxylic acids is 1. The van der Waals surface area contributed by atoms with Gasteiger partial charge in [-0.3, -0.25) is 4.79 Å².